The predicted octanol–water partition coefficient (Wildman–Crippen LogP) is 2.39. The fourth-order valence-electron chi connectivity index (χ4n) is 3.26. The van der Waals surface area contributed by atoms with E-state index >= 15 is 0 Å². The lowest BCUT2D eigenvalue weighted by Crippen LogP contribution is -2.50. The van der Waals surface area contributed by atoms with Crippen molar-refractivity contribution < 1.29 is 9.72 Å². The van der Waals surface area contributed by atoms with E-state index in [1.807, 2.05) is 0 Å². The van der Waals surface area contributed by atoms with E-state index in [4.69, 9.17) is 0 Å². The number of anilines is 1. The molecule has 1 amide bonds. The van der Waals surface area contributed by atoms with Crippen LogP contribution >= 0.6 is 0 Å². The number of hydrogen-bond donors (Lipinski definition) is 2. The molecule has 0 spiro atoms. The number of amides is 1. The number of nitro benzene ring substituents is 1. The third-order valence-corrected chi connectivity index (χ3v) is 4.87. The molecule has 0 bridgehead atoms. The highest BCUT2D eigenvalue weighted by Gasteiger charge is 2.35. The molecule has 1 aliphatic rings. The molecule has 1 saturated carbocycles. The minimum Gasteiger partial charge on any atom is -0.379 e. The van der Waals surface area contributed by atoms with Gasteiger partial charge in [-0.25, -0.2) is 0 Å². The first kappa shape index (κ1) is 18.2. The van der Waals surface area contributed by atoms with Gasteiger partial charge in [0.15, 0.2) is 0 Å². The van der Waals surface area contributed by atoms with Crippen LogP contribution < -0.4 is 10.6 Å². The van der Waals surface area contributed by atoms with E-state index in [-0.39, 0.29) is 23.6 Å². The van der Waals surface area contributed by atoms with Crippen molar-refractivity contribution in [3.8, 4) is 0 Å². The van der Waals surface area contributed by atoms with Gasteiger partial charge < -0.3 is 15.5 Å². The van der Waals surface area contributed by atoms with E-state index in [1.54, 1.807) is 18.2 Å². The first-order chi connectivity index (χ1) is 11.4. The van der Waals surface area contributed by atoms with E-state index in [1.165, 1.54) is 18.9 Å². The molecule has 0 saturated heterocycles. The van der Waals surface area contributed by atoms with Gasteiger partial charge in [-0.3, -0.25) is 14.9 Å². The number of hydrogen-bond acceptors (Lipinski definition) is 5. The van der Waals surface area contributed by atoms with Crippen LogP contribution in [0.5, 0.6) is 0 Å². The molecule has 2 rings (SSSR count). The second kappa shape index (κ2) is 8.10. The first-order valence-electron chi connectivity index (χ1n) is 8.36. The van der Waals surface area contributed by atoms with Gasteiger partial charge in [0.1, 0.15) is 5.69 Å². The van der Waals surface area contributed by atoms with E-state index in [0.29, 0.717) is 18.8 Å². The molecule has 1 fully saturated rings. The number of likely N-dealkylation sites (N-methyl/N-ethyl adjacent to an activating group) is 1. The lowest BCUT2D eigenvalue weighted by molar-refractivity contribution is -0.384. The fourth-order valence-corrected chi connectivity index (χ4v) is 3.26. The highest BCUT2D eigenvalue weighted by Crippen LogP contribution is 2.33. The van der Waals surface area contributed by atoms with E-state index in [0.717, 1.165) is 12.8 Å². The van der Waals surface area contributed by atoms with Crippen LogP contribution in [0.15, 0.2) is 24.3 Å². The molecule has 0 atom stereocenters. The summed E-state index contributed by atoms with van der Waals surface area (Å²) in [5.41, 5.74) is 0.535. The summed E-state index contributed by atoms with van der Waals surface area (Å²) >= 11 is 0. The second-order valence-corrected chi connectivity index (χ2v) is 6.55. The predicted molar refractivity (Wildman–Crippen MR) is 94.1 cm³/mol. The van der Waals surface area contributed by atoms with Crippen molar-refractivity contribution in [3.63, 3.8) is 0 Å². The molecule has 7 heteroatoms. The second-order valence-electron chi connectivity index (χ2n) is 6.55. The Bertz CT molecular complexity index is 583. The SMILES string of the molecule is CN(C)C1(CNC(=O)CCNc2ccccc2[N+](=O)[O-])CCCC1. The third-order valence-electron chi connectivity index (χ3n) is 4.87. The van der Waals surface area contributed by atoms with Gasteiger partial charge in [0.05, 0.1) is 4.92 Å². The van der Waals surface area contributed by atoms with Crippen molar-refractivity contribution in [1.82, 2.24) is 10.2 Å². The van der Waals surface area contributed by atoms with Crippen molar-refractivity contribution in [2.75, 3.05) is 32.5 Å². The summed E-state index contributed by atoms with van der Waals surface area (Å²) < 4.78 is 0. The maximum Gasteiger partial charge on any atom is 0.292 e. The molecule has 1 aromatic rings. The van der Waals surface area contributed by atoms with E-state index < -0.39 is 4.92 Å². The molecule has 1 aromatic carbocycles. The molecule has 1 aliphatic carbocycles. The van der Waals surface area contributed by atoms with Crippen molar-refractivity contribution in [3.05, 3.63) is 34.4 Å². The van der Waals surface area contributed by atoms with Crippen LogP contribution in [0.1, 0.15) is 32.1 Å². The average molecular weight is 334 g/mol. The Morgan fingerprint density at radius 3 is 2.58 bits per heavy atom. The van der Waals surface area contributed by atoms with Crippen LogP contribution in [-0.2, 0) is 4.79 Å². The summed E-state index contributed by atoms with van der Waals surface area (Å²) in [6, 6.07) is 6.45. The Balaban J connectivity index is 1.79. The number of carbonyl (C=O) groups is 1. The zero-order chi connectivity index (χ0) is 17.6. The first-order valence-corrected chi connectivity index (χ1v) is 8.36. The Morgan fingerprint density at radius 2 is 1.96 bits per heavy atom. The smallest absolute Gasteiger partial charge is 0.292 e. The zero-order valence-corrected chi connectivity index (χ0v) is 14.4. The largest absolute Gasteiger partial charge is 0.379 e. The van der Waals surface area contributed by atoms with Gasteiger partial charge in [-0.2, -0.15) is 0 Å². The third kappa shape index (κ3) is 4.44. The number of nitrogens with zero attached hydrogens (tertiary/aromatic N) is 2. The van der Waals surface area contributed by atoms with Crippen LogP contribution in [0.25, 0.3) is 0 Å². The van der Waals surface area contributed by atoms with Crippen LogP contribution in [0, 0.1) is 10.1 Å². The maximum atomic E-state index is 12.1. The molecule has 0 unspecified atom stereocenters. The standard InChI is InChI=1S/C17H26N4O3/c1-20(2)17(10-5-6-11-17)13-19-16(22)9-12-18-14-7-3-4-8-15(14)21(23)24/h3-4,7-8,18H,5-6,9-13H2,1-2H3,(H,19,22). The van der Waals surface area contributed by atoms with Gasteiger partial charge >= 0.3 is 0 Å². The number of para-hydroxylation sites is 2. The van der Waals surface area contributed by atoms with Gasteiger partial charge in [-0.1, -0.05) is 25.0 Å². The molecule has 132 valence electrons. The molecule has 7 nitrogen and oxygen atoms in total. The lowest BCUT2D eigenvalue weighted by atomic mass is 9.96. The maximum absolute atomic E-state index is 12.1. The Kier molecular flexibility index (Phi) is 6.14. The molecule has 24 heavy (non-hydrogen) atoms. The van der Waals surface area contributed by atoms with Crippen LogP contribution in [0.3, 0.4) is 0 Å². The summed E-state index contributed by atoms with van der Waals surface area (Å²) in [5, 5.41) is 16.9. The topological polar surface area (TPSA) is 87.5 Å². The van der Waals surface area contributed by atoms with Gasteiger partial charge in [0.2, 0.25) is 5.91 Å². The summed E-state index contributed by atoms with van der Waals surface area (Å²) in [5.74, 6) is -0.0331. The molecular weight excluding hydrogens is 308 g/mol. The number of nitro groups is 1. The number of carbonyl (C=O) groups excluding carboxylic acids is 1. The molecule has 0 aromatic heterocycles. The van der Waals surface area contributed by atoms with Gasteiger partial charge in [-0.05, 0) is 33.0 Å². The highest BCUT2D eigenvalue weighted by molar-refractivity contribution is 5.76. The van der Waals surface area contributed by atoms with E-state index in [2.05, 4.69) is 29.6 Å². The quantitative estimate of drug-likeness (QED) is 0.563. The van der Waals surface area contributed by atoms with Gasteiger partial charge in [0.25, 0.3) is 5.69 Å². The Labute approximate surface area is 142 Å². The summed E-state index contributed by atoms with van der Waals surface area (Å²) in [7, 11) is 4.13. The van der Waals surface area contributed by atoms with Crippen molar-refractivity contribution in [2.24, 2.45) is 0 Å². The minimum absolute atomic E-state index is 0.0235. The van der Waals surface area contributed by atoms with Crippen LogP contribution in [0.2, 0.25) is 0 Å². The zero-order valence-electron chi connectivity index (χ0n) is 14.4. The molecule has 0 radical (unpaired) electrons. The monoisotopic (exact) mass is 334 g/mol. The number of nitrogens with one attached hydrogen (secondary N) is 2. The Hall–Kier alpha value is -2.15. The molecular formula is C17H26N4O3. The molecule has 2 N–H and O–H groups in total. The van der Waals surface area contributed by atoms with Crippen LogP contribution in [0.4, 0.5) is 11.4 Å². The summed E-state index contributed by atoms with van der Waals surface area (Å²) in [6.07, 6.45) is 4.90. The van der Waals surface area contributed by atoms with Crippen molar-refractivity contribution in [1.29, 1.82) is 0 Å². The Morgan fingerprint density at radius 1 is 1.29 bits per heavy atom. The summed E-state index contributed by atoms with van der Waals surface area (Å²) in [6.45, 7) is 1.02. The highest BCUT2D eigenvalue weighted by atomic mass is 16.6. The molecule has 0 heterocycles. The number of rotatable bonds is 8. The van der Waals surface area contributed by atoms with E-state index in [9.17, 15) is 14.9 Å². The van der Waals surface area contributed by atoms with Crippen molar-refractivity contribution in [2.45, 2.75) is 37.6 Å². The normalized spacial score (nSPS) is 16.1. The fraction of sp³-hybridized carbons (Fsp3) is 0.588. The minimum atomic E-state index is -0.427. The summed E-state index contributed by atoms with van der Waals surface area (Å²) in [4.78, 5) is 24.8. The molecule has 0 aliphatic heterocycles. The number of benzene rings is 1. The lowest BCUT2D eigenvalue weighted by Gasteiger charge is -2.36. The van der Waals surface area contributed by atoms with Gasteiger partial charge in [0, 0.05) is 31.1 Å². The average Bonchev–Trinajstić information content (AvgIpc) is 3.03. The van der Waals surface area contributed by atoms with Gasteiger partial charge in [-0.15, -0.1) is 0 Å². The van der Waals surface area contributed by atoms with Crippen LogP contribution in [-0.4, -0.2) is 48.5 Å². The van der Waals surface area contributed by atoms with Crippen molar-refractivity contribution >= 4 is 17.3 Å².